The summed E-state index contributed by atoms with van der Waals surface area (Å²) in [6.07, 6.45) is 0. The Morgan fingerprint density at radius 1 is 1.00 bits per heavy atom. The van der Waals surface area contributed by atoms with Crippen molar-refractivity contribution in [2.75, 3.05) is 12.4 Å². The standard InChI is InChI=1S/C23H16ClNO4S/c1-29-15-9-6-13(7-10-15)14-8-11-16(23(27)28)18(12-14)25-22(26)21-20(24)17-4-2-3-5-19(17)30-21/h2-12H,1H3,(H,25,26)(H,27,28). The number of ether oxygens (including phenoxy) is 1. The summed E-state index contributed by atoms with van der Waals surface area (Å²) in [4.78, 5) is 24.9. The molecule has 4 aromatic rings. The van der Waals surface area contributed by atoms with E-state index in [1.165, 1.54) is 17.4 Å². The zero-order valence-electron chi connectivity index (χ0n) is 15.8. The molecule has 0 radical (unpaired) electrons. The van der Waals surface area contributed by atoms with Crippen molar-refractivity contribution in [3.63, 3.8) is 0 Å². The SMILES string of the molecule is COc1ccc(-c2ccc(C(=O)O)c(NC(=O)c3sc4ccccc4c3Cl)c2)cc1. The van der Waals surface area contributed by atoms with Gasteiger partial charge in [0.15, 0.2) is 0 Å². The minimum atomic E-state index is -1.13. The van der Waals surface area contributed by atoms with E-state index in [1.807, 2.05) is 48.5 Å². The number of thiophene rings is 1. The molecule has 0 aliphatic rings. The predicted octanol–water partition coefficient (Wildman–Crippen LogP) is 6.18. The van der Waals surface area contributed by atoms with Crippen molar-refractivity contribution in [1.82, 2.24) is 0 Å². The van der Waals surface area contributed by atoms with Gasteiger partial charge in [0.05, 0.1) is 23.4 Å². The van der Waals surface area contributed by atoms with Crippen molar-refractivity contribution < 1.29 is 19.4 Å². The van der Waals surface area contributed by atoms with Crippen LogP contribution in [-0.2, 0) is 0 Å². The Bertz CT molecular complexity index is 1260. The number of rotatable bonds is 5. The second-order valence-electron chi connectivity index (χ2n) is 6.49. The van der Waals surface area contributed by atoms with Crippen LogP contribution in [0, 0.1) is 0 Å². The number of carboxylic acid groups (broad SMARTS) is 1. The Labute approximate surface area is 181 Å². The average Bonchev–Trinajstić information content (AvgIpc) is 3.10. The van der Waals surface area contributed by atoms with Crippen LogP contribution in [0.15, 0.2) is 66.7 Å². The quantitative estimate of drug-likeness (QED) is 0.391. The zero-order chi connectivity index (χ0) is 21.3. The highest BCUT2D eigenvalue weighted by atomic mass is 35.5. The molecule has 0 atom stereocenters. The summed E-state index contributed by atoms with van der Waals surface area (Å²) < 4.78 is 6.06. The number of hydrogen-bond acceptors (Lipinski definition) is 4. The molecule has 0 aliphatic carbocycles. The maximum atomic E-state index is 12.9. The van der Waals surface area contributed by atoms with Gasteiger partial charge in [0.2, 0.25) is 0 Å². The topological polar surface area (TPSA) is 75.6 Å². The number of benzene rings is 3. The second-order valence-corrected chi connectivity index (χ2v) is 7.92. The van der Waals surface area contributed by atoms with Crippen LogP contribution in [0.1, 0.15) is 20.0 Å². The fourth-order valence-electron chi connectivity index (χ4n) is 3.14. The zero-order valence-corrected chi connectivity index (χ0v) is 17.4. The summed E-state index contributed by atoms with van der Waals surface area (Å²) >= 11 is 7.66. The van der Waals surface area contributed by atoms with E-state index in [1.54, 1.807) is 19.2 Å². The number of carbonyl (C=O) groups is 2. The van der Waals surface area contributed by atoms with Crippen LogP contribution in [0.4, 0.5) is 5.69 Å². The largest absolute Gasteiger partial charge is 0.497 e. The van der Waals surface area contributed by atoms with Gasteiger partial charge >= 0.3 is 5.97 Å². The molecule has 0 aliphatic heterocycles. The van der Waals surface area contributed by atoms with Crippen LogP contribution >= 0.6 is 22.9 Å². The molecule has 0 unspecified atom stereocenters. The van der Waals surface area contributed by atoms with Crippen LogP contribution in [0.25, 0.3) is 21.2 Å². The van der Waals surface area contributed by atoms with Crippen molar-refractivity contribution in [2.45, 2.75) is 0 Å². The lowest BCUT2D eigenvalue weighted by atomic mass is 10.0. The molecule has 4 rings (SSSR count). The van der Waals surface area contributed by atoms with Crippen molar-refractivity contribution >= 4 is 50.6 Å². The molecular weight excluding hydrogens is 422 g/mol. The normalized spacial score (nSPS) is 10.7. The summed E-state index contributed by atoms with van der Waals surface area (Å²) in [5, 5.41) is 13.4. The van der Waals surface area contributed by atoms with Gasteiger partial charge in [0.25, 0.3) is 5.91 Å². The highest BCUT2D eigenvalue weighted by Crippen LogP contribution is 2.36. The lowest BCUT2D eigenvalue weighted by Crippen LogP contribution is -2.14. The van der Waals surface area contributed by atoms with Gasteiger partial charge in [-0.1, -0.05) is 48.0 Å². The third kappa shape index (κ3) is 3.75. The average molecular weight is 438 g/mol. The van der Waals surface area contributed by atoms with Gasteiger partial charge in [0, 0.05) is 10.1 Å². The number of carbonyl (C=O) groups excluding carboxylic acids is 1. The summed E-state index contributed by atoms with van der Waals surface area (Å²) in [6.45, 7) is 0. The Balaban J connectivity index is 1.71. The number of halogens is 1. The van der Waals surface area contributed by atoms with Gasteiger partial charge < -0.3 is 15.2 Å². The molecule has 1 heterocycles. The monoisotopic (exact) mass is 437 g/mol. The maximum Gasteiger partial charge on any atom is 0.337 e. The van der Waals surface area contributed by atoms with Crippen LogP contribution in [0.5, 0.6) is 5.75 Å². The van der Waals surface area contributed by atoms with Crippen molar-refractivity contribution in [2.24, 2.45) is 0 Å². The van der Waals surface area contributed by atoms with E-state index in [-0.39, 0.29) is 11.3 Å². The molecule has 1 amide bonds. The van der Waals surface area contributed by atoms with E-state index in [9.17, 15) is 14.7 Å². The van der Waals surface area contributed by atoms with Crippen LogP contribution in [0.2, 0.25) is 5.02 Å². The van der Waals surface area contributed by atoms with E-state index in [0.29, 0.717) is 15.6 Å². The first kappa shape index (κ1) is 19.9. The first-order valence-corrected chi connectivity index (χ1v) is 10.2. The molecule has 2 N–H and O–H groups in total. The van der Waals surface area contributed by atoms with Crippen LogP contribution < -0.4 is 10.1 Å². The van der Waals surface area contributed by atoms with Crippen LogP contribution in [0.3, 0.4) is 0 Å². The fourth-order valence-corrected chi connectivity index (χ4v) is 4.55. The van der Waals surface area contributed by atoms with Crippen molar-refractivity contribution in [3.8, 4) is 16.9 Å². The van der Waals surface area contributed by atoms with E-state index in [4.69, 9.17) is 16.3 Å². The van der Waals surface area contributed by atoms with Crippen LogP contribution in [-0.4, -0.2) is 24.1 Å². The molecule has 0 saturated carbocycles. The van der Waals surface area contributed by atoms with Gasteiger partial charge in [-0.3, -0.25) is 4.79 Å². The minimum absolute atomic E-state index is 0.00200. The van der Waals surface area contributed by atoms with Crippen molar-refractivity contribution in [3.05, 3.63) is 82.2 Å². The maximum absolute atomic E-state index is 12.9. The lowest BCUT2D eigenvalue weighted by molar-refractivity contribution is 0.0698. The van der Waals surface area contributed by atoms with Gasteiger partial charge in [0.1, 0.15) is 10.6 Å². The lowest BCUT2D eigenvalue weighted by Gasteiger charge is -2.11. The third-order valence-electron chi connectivity index (χ3n) is 4.66. The number of hydrogen-bond donors (Lipinski definition) is 2. The number of anilines is 1. The molecule has 0 spiro atoms. The van der Waals surface area contributed by atoms with Gasteiger partial charge in [-0.15, -0.1) is 11.3 Å². The van der Waals surface area contributed by atoms with Gasteiger partial charge in [-0.25, -0.2) is 4.79 Å². The summed E-state index contributed by atoms with van der Waals surface area (Å²) in [7, 11) is 1.59. The van der Waals surface area contributed by atoms with Gasteiger partial charge in [-0.2, -0.15) is 0 Å². The molecular formula is C23H16ClNO4S. The number of fused-ring (bicyclic) bond motifs is 1. The van der Waals surface area contributed by atoms with Gasteiger partial charge in [-0.05, 0) is 41.5 Å². The fraction of sp³-hybridized carbons (Fsp3) is 0.0435. The van der Waals surface area contributed by atoms with E-state index in [0.717, 1.165) is 21.2 Å². The third-order valence-corrected chi connectivity index (χ3v) is 6.34. The number of amides is 1. The molecule has 7 heteroatoms. The molecule has 0 bridgehead atoms. The molecule has 1 aromatic heterocycles. The number of carboxylic acids is 1. The molecule has 150 valence electrons. The number of methoxy groups -OCH3 is 1. The summed E-state index contributed by atoms with van der Waals surface area (Å²) in [5.74, 6) is -0.863. The Morgan fingerprint density at radius 2 is 1.70 bits per heavy atom. The van der Waals surface area contributed by atoms with E-state index >= 15 is 0 Å². The second kappa shape index (κ2) is 8.18. The Hall–Kier alpha value is -3.35. The van der Waals surface area contributed by atoms with E-state index in [2.05, 4.69) is 5.32 Å². The minimum Gasteiger partial charge on any atom is -0.497 e. The Morgan fingerprint density at radius 3 is 2.37 bits per heavy atom. The predicted molar refractivity (Wildman–Crippen MR) is 120 cm³/mol. The smallest absolute Gasteiger partial charge is 0.337 e. The first-order valence-electron chi connectivity index (χ1n) is 8.98. The summed E-state index contributed by atoms with van der Waals surface area (Å²) in [6, 6.07) is 19.6. The summed E-state index contributed by atoms with van der Waals surface area (Å²) in [5.41, 5.74) is 1.83. The molecule has 3 aromatic carbocycles. The van der Waals surface area contributed by atoms with Crippen molar-refractivity contribution in [1.29, 1.82) is 0 Å². The Kier molecular flexibility index (Phi) is 5.44. The number of nitrogens with one attached hydrogen (secondary N) is 1. The first-order chi connectivity index (χ1) is 14.5. The van der Waals surface area contributed by atoms with E-state index < -0.39 is 11.9 Å². The highest BCUT2D eigenvalue weighted by molar-refractivity contribution is 7.21. The molecule has 30 heavy (non-hydrogen) atoms. The molecule has 0 saturated heterocycles. The molecule has 5 nitrogen and oxygen atoms in total. The number of aromatic carboxylic acids is 1. The highest BCUT2D eigenvalue weighted by Gasteiger charge is 2.20. The molecule has 0 fully saturated rings.